The van der Waals surface area contributed by atoms with Crippen molar-refractivity contribution >= 4 is 5.97 Å². The summed E-state index contributed by atoms with van der Waals surface area (Å²) >= 11 is 0. The Morgan fingerprint density at radius 2 is 2.32 bits per heavy atom. The zero-order valence-corrected chi connectivity index (χ0v) is 11.5. The lowest BCUT2D eigenvalue weighted by molar-refractivity contribution is 0.0583. The lowest BCUT2D eigenvalue weighted by atomic mass is 9.85. The van der Waals surface area contributed by atoms with Gasteiger partial charge in [0.15, 0.2) is 0 Å². The Hall–Kier alpha value is -1.65. The van der Waals surface area contributed by atoms with E-state index in [1.54, 1.807) is 0 Å². The Kier molecular flexibility index (Phi) is 4.71. The average molecular weight is 264 g/mol. The number of hydrogen-bond acceptors (Lipinski definition) is 5. The Morgan fingerprint density at radius 1 is 1.47 bits per heavy atom. The highest BCUT2D eigenvalue weighted by molar-refractivity contribution is 5.91. The van der Waals surface area contributed by atoms with E-state index in [1.165, 1.54) is 38.9 Å². The van der Waals surface area contributed by atoms with Crippen molar-refractivity contribution in [2.24, 2.45) is 5.92 Å². The number of carbonyl (C=O) groups excluding carboxylic acids is 1. The number of esters is 1. The predicted octanol–water partition coefficient (Wildman–Crippen LogP) is 2.61. The Bertz CT molecular complexity index is 436. The van der Waals surface area contributed by atoms with Crippen LogP contribution >= 0.6 is 0 Å². The van der Waals surface area contributed by atoms with Crippen molar-refractivity contribution in [3.8, 4) is 5.88 Å². The van der Waals surface area contributed by atoms with Gasteiger partial charge in [-0.05, 0) is 25.2 Å². The molecule has 0 saturated heterocycles. The average Bonchev–Trinajstić information content (AvgIpc) is 2.47. The first-order chi connectivity index (χ1) is 9.24. The molecule has 1 aliphatic rings. The lowest BCUT2D eigenvalue weighted by Gasteiger charge is -2.28. The van der Waals surface area contributed by atoms with Crippen molar-refractivity contribution < 1.29 is 14.3 Å². The maximum atomic E-state index is 11.6. The third-order valence-electron chi connectivity index (χ3n) is 3.67. The van der Waals surface area contributed by atoms with E-state index in [9.17, 15) is 4.79 Å². The molecule has 0 radical (unpaired) electrons. The number of rotatable bonds is 4. The predicted molar refractivity (Wildman–Crippen MR) is 70.0 cm³/mol. The quantitative estimate of drug-likeness (QED) is 0.782. The Morgan fingerprint density at radius 3 is 3.05 bits per heavy atom. The summed E-state index contributed by atoms with van der Waals surface area (Å²) in [4.78, 5) is 19.5. The van der Waals surface area contributed by atoms with Gasteiger partial charge in [0.2, 0.25) is 5.88 Å². The molecular formula is C14H20N2O3. The van der Waals surface area contributed by atoms with Gasteiger partial charge in [0.05, 0.1) is 7.11 Å². The molecule has 0 spiro atoms. The second kappa shape index (κ2) is 6.50. The molecule has 2 unspecified atom stereocenters. The minimum absolute atomic E-state index is 0.136. The van der Waals surface area contributed by atoms with Crippen LogP contribution in [0.2, 0.25) is 0 Å². The minimum atomic E-state index is -0.460. The molecule has 1 saturated carbocycles. The summed E-state index contributed by atoms with van der Waals surface area (Å²) in [5.74, 6) is 0.587. The zero-order valence-electron chi connectivity index (χ0n) is 11.5. The standard InChI is InChI=1S/C14H20N2O3/c1-3-10-5-4-6-11(7-10)19-13-12(14(17)18-2)8-15-9-16-13/h8-11H,3-7H2,1-2H3. The summed E-state index contributed by atoms with van der Waals surface area (Å²) < 4.78 is 10.6. The van der Waals surface area contributed by atoms with Gasteiger partial charge >= 0.3 is 5.97 Å². The van der Waals surface area contributed by atoms with Crippen LogP contribution in [0.25, 0.3) is 0 Å². The number of methoxy groups -OCH3 is 1. The minimum Gasteiger partial charge on any atom is -0.474 e. The molecule has 1 aromatic rings. The van der Waals surface area contributed by atoms with Gasteiger partial charge in [-0.25, -0.2) is 14.8 Å². The normalized spacial score (nSPS) is 22.8. The molecule has 2 rings (SSSR count). The molecule has 0 bridgehead atoms. The van der Waals surface area contributed by atoms with E-state index in [0.717, 1.165) is 12.8 Å². The van der Waals surface area contributed by atoms with Crippen LogP contribution in [0.3, 0.4) is 0 Å². The summed E-state index contributed by atoms with van der Waals surface area (Å²) in [6.45, 7) is 2.21. The van der Waals surface area contributed by atoms with E-state index in [-0.39, 0.29) is 6.10 Å². The van der Waals surface area contributed by atoms with Gasteiger partial charge < -0.3 is 9.47 Å². The molecule has 0 aliphatic heterocycles. The highest BCUT2D eigenvalue weighted by Gasteiger charge is 2.24. The summed E-state index contributed by atoms with van der Waals surface area (Å²) in [6, 6.07) is 0. The SMILES string of the molecule is CCC1CCCC(Oc2ncncc2C(=O)OC)C1. The van der Waals surface area contributed by atoms with Crippen molar-refractivity contribution in [2.75, 3.05) is 7.11 Å². The zero-order chi connectivity index (χ0) is 13.7. The fraction of sp³-hybridized carbons (Fsp3) is 0.643. The van der Waals surface area contributed by atoms with Crippen LogP contribution in [0.5, 0.6) is 5.88 Å². The second-order valence-electron chi connectivity index (χ2n) is 4.91. The van der Waals surface area contributed by atoms with E-state index in [0.29, 0.717) is 17.4 Å². The monoisotopic (exact) mass is 264 g/mol. The first-order valence-corrected chi connectivity index (χ1v) is 6.79. The lowest BCUT2D eigenvalue weighted by Crippen LogP contribution is -2.26. The number of nitrogens with zero attached hydrogens (tertiary/aromatic N) is 2. The molecule has 1 heterocycles. The van der Waals surface area contributed by atoms with Crippen LogP contribution in [-0.4, -0.2) is 29.2 Å². The third kappa shape index (κ3) is 3.43. The molecule has 2 atom stereocenters. The van der Waals surface area contributed by atoms with Gasteiger partial charge in [-0.2, -0.15) is 0 Å². The van der Waals surface area contributed by atoms with Gasteiger partial charge in [0.25, 0.3) is 0 Å². The number of carbonyl (C=O) groups is 1. The van der Waals surface area contributed by atoms with Gasteiger partial charge in [-0.3, -0.25) is 0 Å². The molecule has 1 fully saturated rings. The molecule has 0 N–H and O–H groups in total. The largest absolute Gasteiger partial charge is 0.474 e. The fourth-order valence-corrected chi connectivity index (χ4v) is 2.54. The first-order valence-electron chi connectivity index (χ1n) is 6.79. The maximum absolute atomic E-state index is 11.6. The maximum Gasteiger partial charge on any atom is 0.344 e. The number of aromatic nitrogens is 2. The summed E-state index contributed by atoms with van der Waals surface area (Å²) in [5.41, 5.74) is 0.295. The topological polar surface area (TPSA) is 61.3 Å². The van der Waals surface area contributed by atoms with Crippen molar-refractivity contribution in [2.45, 2.75) is 45.1 Å². The van der Waals surface area contributed by atoms with E-state index in [1.807, 2.05) is 0 Å². The molecule has 1 aliphatic carbocycles. The molecule has 104 valence electrons. The van der Waals surface area contributed by atoms with Gasteiger partial charge in [-0.1, -0.05) is 19.8 Å². The molecule has 0 amide bonds. The van der Waals surface area contributed by atoms with Gasteiger partial charge in [0, 0.05) is 6.20 Å². The van der Waals surface area contributed by atoms with Crippen LogP contribution in [0.1, 0.15) is 49.4 Å². The van der Waals surface area contributed by atoms with E-state index in [2.05, 4.69) is 16.9 Å². The summed E-state index contributed by atoms with van der Waals surface area (Å²) in [5, 5.41) is 0. The molecule has 0 aromatic carbocycles. The van der Waals surface area contributed by atoms with Crippen molar-refractivity contribution in [3.63, 3.8) is 0 Å². The molecule has 1 aromatic heterocycles. The van der Waals surface area contributed by atoms with Gasteiger partial charge in [-0.15, -0.1) is 0 Å². The van der Waals surface area contributed by atoms with Crippen molar-refractivity contribution in [1.82, 2.24) is 9.97 Å². The molecular weight excluding hydrogens is 244 g/mol. The van der Waals surface area contributed by atoms with Gasteiger partial charge in [0.1, 0.15) is 18.0 Å². The highest BCUT2D eigenvalue weighted by atomic mass is 16.5. The van der Waals surface area contributed by atoms with Crippen LogP contribution in [0, 0.1) is 5.92 Å². The third-order valence-corrected chi connectivity index (χ3v) is 3.67. The van der Waals surface area contributed by atoms with E-state index < -0.39 is 5.97 Å². The summed E-state index contributed by atoms with van der Waals surface area (Å²) in [7, 11) is 1.34. The van der Waals surface area contributed by atoms with Crippen molar-refractivity contribution in [3.05, 3.63) is 18.1 Å². The Balaban J connectivity index is 2.08. The second-order valence-corrected chi connectivity index (χ2v) is 4.91. The summed E-state index contributed by atoms with van der Waals surface area (Å²) in [6.07, 6.45) is 8.62. The van der Waals surface area contributed by atoms with Crippen LogP contribution in [0.4, 0.5) is 0 Å². The van der Waals surface area contributed by atoms with E-state index >= 15 is 0 Å². The van der Waals surface area contributed by atoms with Crippen LogP contribution in [0.15, 0.2) is 12.5 Å². The van der Waals surface area contributed by atoms with E-state index in [4.69, 9.17) is 9.47 Å². The number of hydrogen-bond donors (Lipinski definition) is 0. The fourth-order valence-electron chi connectivity index (χ4n) is 2.54. The highest BCUT2D eigenvalue weighted by Crippen LogP contribution is 2.29. The molecule has 5 heteroatoms. The first kappa shape index (κ1) is 13.8. The Labute approximate surface area is 113 Å². The molecule has 5 nitrogen and oxygen atoms in total. The number of ether oxygens (including phenoxy) is 2. The molecule has 19 heavy (non-hydrogen) atoms. The smallest absolute Gasteiger partial charge is 0.344 e. The van der Waals surface area contributed by atoms with Crippen molar-refractivity contribution in [1.29, 1.82) is 0 Å². The van der Waals surface area contributed by atoms with Crippen LogP contribution < -0.4 is 4.74 Å². The van der Waals surface area contributed by atoms with Crippen LogP contribution in [-0.2, 0) is 4.74 Å².